The first kappa shape index (κ1) is 16.6. The van der Waals surface area contributed by atoms with Gasteiger partial charge in [0.15, 0.2) is 5.96 Å². The Balaban J connectivity index is 2.39. The van der Waals surface area contributed by atoms with Crippen LogP contribution in [0.1, 0.15) is 20.8 Å². The number of aliphatic imine (C=N–C) groups is 1. The average molecular weight is 286 g/mol. The van der Waals surface area contributed by atoms with E-state index in [1.54, 1.807) is 12.0 Å². The minimum atomic E-state index is -0.463. The summed E-state index contributed by atoms with van der Waals surface area (Å²) in [7, 11) is 1.63. The quantitative estimate of drug-likeness (QED) is 0.464. The average Bonchev–Trinajstić information content (AvgIpc) is 2.37. The number of methoxy groups -OCH3 is 1. The summed E-state index contributed by atoms with van der Waals surface area (Å²) >= 11 is 0. The molecule has 1 aliphatic heterocycles. The molecule has 0 saturated carbocycles. The lowest BCUT2D eigenvalue weighted by Gasteiger charge is -2.36. The molecule has 7 heteroatoms. The topological polar surface area (TPSA) is 80.4 Å². The van der Waals surface area contributed by atoms with Gasteiger partial charge in [-0.1, -0.05) is 0 Å². The second kappa shape index (κ2) is 7.33. The summed E-state index contributed by atoms with van der Waals surface area (Å²) in [5, 5.41) is 0. The lowest BCUT2D eigenvalue weighted by atomic mass is 10.2. The summed E-state index contributed by atoms with van der Waals surface area (Å²) in [6, 6.07) is 0. The molecule has 0 radical (unpaired) electrons. The van der Waals surface area contributed by atoms with E-state index in [2.05, 4.69) is 4.99 Å². The zero-order valence-electron chi connectivity index (χ0n) is 12.9. The van der Waals surface area contributed by atoms with Crippen LogP contribution >= 0.6 is 0 Å². The van der Waals surface area contributed by atoms with Crippen LogP contribution in [0.25, 0.3) is 0 Å². The van der Waals surface area contributed by atoms with Crippen molar-refractivity contribution in [2.45, 2.75) is 26.4 Å². The van der Waals surface area contributed by atoms with Crippen molar-refractivity contribution in [3.8, 4) is 0 Å². The summed E-state index contributed by atoms with van der Waals surface area (Å²) in [5.41, 5.74) is 5.43. The fraction of sp³-hybridized carbons (Fsp3) is 0.846. The molecule has 1 aliphatic rings. The molecule has 20 heavy (non-hydrogen) atoms. The lowest BCUT2D eigenvalue weighted by Crippen LogP contribution is -2.53. The van der Waals surface area contributed by atoms with Gasteiger partial charge in [-0.15, -0.1) is 0 Å². The molecule has 0 aromatic rings. The first-order chi connectivity index (χ1) is 9.33. The molecular weight excluding hydrogens is 260 g/mol. The number of guanidine groups is 1. The number of carbonyl (C=O) groups is 1. The number of carbonyl (C=O) groups excluding carboxylic acids is 1. The highest BCUT2D eigenvalue weighted by Gasteiger charge is 2.26. The number of ether oxygens (including phenoxy) is 2. The zero-order valence-corrected chi connectivity index (χ0v) is 12.9. The third kappa shape index (κ3) is 5.64. The van der Waals surface area contributed by atoms with Crippen molar-refractivity contribution in [3.05, 3.63) is 0 Å². The molecule has 0 unspecified atom stereocenters. The highest BCUT2D eigenvalue weighted by atomic mass is 16.6. The van der Waals surface area contributed by atoms with Crippen molar-refractivity contribution in [1.82, 2.24) is 9.80 Å². The van der Waals surface area contributed by atoms with Gasteiger partial charge in [-0.3, -0.25) is 4.99 Å². The van der Waals surface area contributed by atoms with E-state index in [9.17, 15) is 4.79 Å². The Morgan fingerprint density at radius 1 is 1.20 bits per heavy atom. The highest BCUT2D eigenvalue weighted by Crippen LogP contribution is 2.11. The molecule has 1 fully saturated rings. The van der Waals surface area contributed by atoms with E-state index in [0.717, 1.165) is 0 Å². The van der Waals surface area contributed by atoms with Gasteiger partial charge >= 0.3 is 6.09 Å². The van der Waals surface area contributed by atoms with Crippen LogP contribution in [-0.4, -0.2) is 73.9 Å². The fourth-order valence-electron chi connectivity index (χ4n) is 1.80. The number of nitrogens with zero attached hydrogens (tertiary/aromatic N) is 3. The molecule has 0 atom stereocenters. The molecule has 1 heterocycles. The molecule has 2 N–H and O–H groups in total. The zero-order chi connectivity index (χ0) is 15.2. The number of piperazine rings is 1. The Bertz CT molecular complexity index is 344. The Morgan fingerprint density at radius 3 is 2.25 bits per heavy atom. The maximum absolute atomic E-state index is 11.9. The molecule has 1 rings (SSSR count). The number of amides is 1. The molecule has 116 valence electrons. The van der Waals surface area contributed by atoms with Crippen molar-refractivity contribution < 1.29 is 14.3 Å². The van der Waals surface area contributed by atoms with E-state index in [1.807, 2.05) is 25.7 Å². The smallest absolute Gasteiger partial charge is 0.410 e. The minimum absolute atomic E-state index is 0.271. The molecule has 1 saturated heterocycles. The maximum atomic E-state index is 11.9. The van der Waals surface area contributed by atoms with Crippen LogP contribution in [0.5, 0.6) is 0 Å². The van der Waals surface area contributed by atoms with Crippen molar-refractivity contribution in [1.29, 1.82) is 0 Å². The van der Waals surface area contributed by atoms with Crippen LogP contribution in [0.3, 0.4) is 0 Å². The number of rotatable bonds is 3. The third-order valence-corrected chi connectivity index (χ3v) is 2.82. The number of hydrogen-bond acceptors (Lipinski definition) is 4. The lowest BCUT2D eigenvalue weighted by molar-refractivity contribution is 0.0186. The third-order valence-electron chi connectivity index (χ3n) is 2.82. The van der Waals surface area contributed by atoms with E-state index in [-0.39, 0.29) is 6.09 Å². The predicted molar refractivity (Wildman–Crippen MR) is 77.7 cm³/mol. The Hall–Kier alpha value is -1.50. The molecule has 7 nitrogen and oxygen atoms in total. The highest BCUT2D eigenvalue weighted by molar-refractivity contribution is 5.78. The normalized spacial score (nSPS) is 17.3. The molecule has 1 amide bonds. The monoisotopic (exact) mass is 286 g/mol. The van der Waals surface area contributed by atoms with Crippen LogP contribution in [-0.2, 0) is 9.47 Å². The van der Waals surface area contributed by atoms with Crippen molar-refractivity contribution >= 4 is 12.1 Å². The van der Waals surface area contributed by atoms with Gasteiger partial charge in [0, 0.05) is 33.3 Å². The van der Waals surface area contributed by atoms with Crippen molar-refractivity contribution in [3.63, 3.8) is 0 Å². The maximum Gasteiger partial charge on any atom is 0.410 e. The fourth-order valence-corrected chi connectivity index (χ4v) is 1.80. The van der Waals surface area contributed by atoms with Gasteiger partial charge in [0.05, 0.1) is 13.2 Å². The van der Waals surface area contributed by atoms with Crippen molar-refractivity contribution in [2.24, 2.45) is 10.7 Å². The minimum Gasteiger partial charge on any atom is -0.444 e. The van der Waals surface area contributed by atoms with E-state index in [0.29, 0.717) is 45.3 Å². The second-order valence-electron chi connectivity index (χ2n) is 5.69. The first-order valence-corrected chi connectivity index (χ1v) is 6.85. The van der Waals surface area contributed by atoms with Crippen molar-refractivity contribution in [2.75, 3.05) is 46.4 Å². The molecule has 0 aromatic carbocycles. The van der Waals surface area contributed by atoms with Crippen LogP contribution in [0.15, 0.2) is 4.99 Å². The van der Waals surface area contributed by atoms with E-state index in [1.165, 1.54) is 0 Å². The van der Waals surface area contributed by atoms with Crippen LogP contribution in [0, 0.1) is 0 Å². The predicted octanol–water partition coefficient (Wildman–Crippen LogP) is 0.500. The SMILES string of the molecule is COCCN=C(N)N1CCN(C(=O)OC(C)(C)C)CC1. The summed E-state index contributed by atoms with van der Waals surface area (Å²) in [6.45, 7) is 9.21. The van der Waals surface area contributed by atoms with Crippen LogP contribution in [0.4, 0.5) is 4.79 Å². The Labute approximate surface area is 120 Å². The Kier molecular flexibility index (Phi) is 6.06. The number of hydrogen-bond donors (Lipinski definition) is 1. The molecular formula is C13H26N4O3. The summed E-state index contributed by atoms with van der Waals surface area (Å²) < 4.78 is 10.3. The van der Waals surface area contributed by atoms with Gasteiger partial charge in [0.25, 0.3) is 0 Å². The largest absolute Gasteiger partial charge is 0.444 e. The van der Waals surface area contributed by atoms with Crippen LogP contribution in [0.2, 0.25) is 0 Å². The Morgan fingerprint density at radius 2 is 1.75 bits per heavy atom. The standard InChI is InChI=1S/C13H26N4O3/c1-13(2,3)20-12(18)17-8-6-16(7-9-17)11(14)15-5-10-19-4/h5-10H2,1-4H3,(H2,14,15). The van der Waals surface area contributed by atoms with Gasteiger partial charge in [-0.2, -0.15) is 0 Å². The summed E-state index contributed by atoms with van der Waals surface area (Å²) in [4.78, 5) is 19.8. The van der Waals surface area contributed by atoms with Gasteiger partial charge in [-0.05, 0) is 20.8 Å². The summed E-state index contributed by atoms with van der Waals surface area (Å²) in [5.74, 6) is 0.505. The molecule has 0 bridgehead atoms. The first-order valence-electron chi connectivity index (χ1n) is 6.85. The van der Waals surface area contributed by atoms with Gasteiger partial charge in [-0.25, -0.2) is 4.79 Å². The molecule has 0 spiro atoms. The molecule has 0 aliphatic carbocycles. The van der Waals surface area contributed by atoms with Gasteiger partial charge < -0.3 is 25.0 Å². The van der Waals surface area contributed by atoms with E-state index < -0.39 is 5.60 Å². The van der Waals surface area contributed by atoms with Gasteiger partial charge in [0.2, 0.25) is 0 Å². The summed E-state index contributed by atoms with van der Waals surface area (Å²) in [6.07, 6.45) is -0.271. The van der Waals surface area contributed by atoms with Gasteiger partial charge in [0.1, 0.15) is 5.60 Å². The van der Waals surface area contributed by atoms with E-state index >= 15 is 0 Å². The number of nitrogens with two attached hydrogens (primary N) is 1. The molecule has 0 aromatic heterocycles. The van der Waals surface area contributed by atoms with E-state index in [4.69, 9.17) is 15.2 Å². The van der Waals surface area contributed by atoms with Crippen LogP contribution < -0.4 is 5.73 Å². The second-order valence-corrected chi connectivity index (χ2v) is 5.69.